The number of para-hydroxylation sites is 1. The van der Waals surface area contributed by atoms with Gasteiger partial charge in [0.25, 0.3) is 5.56 Å². The molecule has 8 nitrogen and oxygen atoms in total. The number of nitriles is 1. The van der Waals surface area contributed by atoms with E-state index >= 15 is 0 Å². The first kappa shape index (κ1) is 16.4. The zero-order valence-corrected chi connectivity index (χ0v) is 14.3. The Morgan fingerprint density at radius 3 is 3.00 bits per heavy atom. The van der Waals surface area contributed by atoms with Crippen LogP contribution in [0.2, 0.25) is 0 Å². The number of hydrogen-bond acceptors (Lipinski definition) is 6. The SMILES string of the molecule is N#CCn1c(CN2CCC[C@@H]2Cn2cncn2)nc2ccccc2c1=O. The fourth-order valence-electron chi connectivity index (χ4n) is 3.60. The number of aromatic nitrogens is 5. The van der Waals surface area contributed by atoms with Crippen LogP contribution in [0.5, 0.6) is 0 Å². The molecule has 1 aliphatic rings. The van der Waals surface area contributed by atoms with E-state index in [-0.39, 0.29) is 12.1 Å². The molecule has 0 spiro atoms. The van der Waals surface area contributed by atoms with Gasteiger partial charge < -0.3 is 0 Å². The minimum absolute atomic E-state index is 0.00752. The second-order valence-electron chi connectivity index (χ2n) is 6.48. The standard InChI is InChI=1S/C18H19N7O/c19-7-9-25-17(22-16-6-2-1-5-15(16)18(25)26)11-23-8-3-4-14(23)10-24-13-20-12-21-24/h1-2,5-6,12-14H,3-4,8-11H2/t14-/m1/s1. The van der Waals surface area contributed by atoms with Gasteiger partial charge in [-0.2, -0.15) is 10.4 Å². The summed E-state index contributed by atoms with van der Waals surface area (Å²) >= 11 is 0. The number of rotatable bonds is 5. The molecule has 0 unspecified atom stereocenters. The average Bonchev–Trinajstić information content (AvgIpc) is 3.31. The van der Waals surface area contributed by atoms with E-state index in [4.69, 9.17) is 5.26 Å². The topological polar surface area (TPSA) is 92.6 Å². The highest BCUT2D eigenvalue weighted by atomic mass is 16.1. The first-order chi connectivity index (χ1) is 12.8. The van der Waals surface area contributed by atoms with Crippen molar-refractivity contribution in [3.63, 3.8) is 0 Å². The van der Waals surface area contributed by atoms with Crippen LogP contribution in [0.4, 0.5) is 0 Å². The Morgan fingerprint density at radius 1 is 1.31 bits per heavy atom. The molecule has 26 heavy (non-hydrogen) atoms. The Kier molecular flexibility index (Phi) is 4.46. The summed E-state index contributed by atoms with van der Waals surface area (Å²) < 4.78 is 3.33. The average molecular weight is 349 g/mol. The van der Waals surface area contributed by atoms with Crippen LogP contribution in [0, 0.1) is 11.3 Å². The Morgan fingerprint density at radius 2 is 2.19 bits per heavy atom. The van der Waals surface area contributed by atoms with Crippen molar-refractivity contribution in [2.45, 2.75) is 38.5 Å². The maximum absolute atomic E-state index is 12.8. The summed E-state index contributed by atoms with van der Waals surface area (Å²) in [6.45, 7) is 2.25. The second-order valence-corrected chi connectivity index (χ2v) is 6.48. The van der Waals surface area contributed by atoms with Crippen LogP contribution in [0.25, 0.3) is 10.9 Å². The Balaban J connectivity index is 1.66. The molecule has 8 heteroatoms. The number of likely N-dealkylation sites (tertiary alicyclic amines) is 1. The van der Waals surface area contributed by atoms with Gasteiger partial charge >= 0.3 is 0 Å². The molecule has 0 radical (unpaired) electrons. The number of hydrogen-bond donors (Lipinski definition) is 0. The Labute approximate surface area is 150 Å². The summed E-state index contributed by atoms with van der Waals surface area (Å²) in [6, 6.07) is 9.68. The van der Waals surface area contributed by atoms with E-state index in [9.17, 15) is 4.79 Å². The molecule has 1 atom stereocenters. The van der Waals surface area contributed by atoms with Gasteiger partial charge in [0, 0.05) is 6.04 Å². The highest BCUT2D eigenvalue weighted by Gasteiger charge is 2.26. The quantitative estimate of drug-likeness (QED) is 0.687. The molecule has 3 heterocycles. The lowest BCUT2D eigenvalue weighted by Gasteiger charge is -2.25. The lowest BCUT2D eigenvalue weighted by Crippen LogP contribution is -2.36. The molecule has 1 saturated heterocycles. The molecular weight excluding hydrogens is 330 g/mol. The van der Waals surface area contributed by atoms with E-state index in [1.165, 1.54) is 10.9 Å². The summed E-state index contributed by atoms with van der Waals surface area (Å²) in [7, 11) is 0. The van der Waals surface area contributed by atoms with Gasteiger partial charge in [-0.1, -0.05) is 12.1 Å². The molecular formula is C18H19N7O. The van der Waals surface area contributed by atoms with Gasteiger partial charge in [0.05, 0.1) is 30.1 Å². The molecule has 4 rings (SSSR count). The Bertz CT molecular complexity index is 1000. The summed E-state index contributed by atoms with van der Waals surface area (Å²) in [6.07, 6.45) is 5.41. The van der Waals surface area contributed by atoms with E-state index < -0.39 is 0 Å². The predicted octanol–water partition coefficient (Wildman–Crippen LogP) is 1.18. The molecule has 2 aromatic heterocycles. The minimum atomic E-state index is -0.154. The fourth-order valence-corrected chi connectivity index (χ4v) is 3.60. The third kappa shape index (κ3) is 3.09. The van der Waals surface area contributed by atoms with Crippen LogP contribution in [-0.2, 0) is 19.6 Å². The van der Waals surface area contributed by atoms with Crippen molar-refractivity contribution >= 4 is 10.9 Å². The van der Waals surface area contributed by atoms with Crippen molar-refractivity contribution in [2.24, 2.45) is 0 Å². The van der Waals surface area contributed by atoms with Gasteiger partial charge in [0.2, 0.25) is 0 Å². The smallest absolute Gasteiger partial charge is 0.262 e. The molecule has 0 bridgehead atoms. The molecule has 0 aliphatic carbocycles. The van der Waals surface area contributed by atoms with Crippen molar-refractivity contribution < 1.29 is 0 Å². The van der Waals surface area contributed by atoms with Crippen molar-refractivity contribution in [2.75, 3.05) is 6.54 Å². The van der Waals surface area contributed by atoms with E-state index in [0.717, 1.165) is 25.9 Å². The molecule has 1 fully saturated rings. The van der Waals surface area contributed by atoms with Crippen molar-refractivity contribution in [1.29, 1.82) is 5.26 Å². The van der Waals surface area contributed by atoms with Crippen LogP contribution in [0.3, 0.4) is 0 Å². The monoisotopic (exact) mass is 349 g/mol. The van der Waals surface area contributed by atoms with Gasteiger partial charge in [-0.15, -0.1) is 0 Å². The largest absolute Gasteiger partial charge is 0.291 e. The molecule has 132 valence electrons. The van der Waals surface area contributed by atoms with Gasteiger partial charge in [0.15, 0.2) is 0 Å². The molecule has 0 saturated carbocycles. The van der Waals surface area contributed by atoms with Crippen molar-refractivity contribution in [3.05, 3.63) is 53.1 Å². The van der Waals surface area contributed by atoms with Crippen LogP contribution >= 0.6 is 0 Å². The first-order valence-electron chi connectivity index (χ1n) is 8.68. The zero-order valence-electron chi connectivity index (χ0n) is 14.3. The molecule has 1 aliphatic heterocycles. The predicted molar refractivity (Wildman–Crippen MR) is 95.1 cm³/mol. The van der Waals surface area contributed by atoms with Crippen LogP contribution in [0.15, 0.2) is 41.7 Å². The minimum Gasteiger partial charge on any atom is -0.291 e. The second kappa shape index (κ2) is 7.06. The summed E-state index contributed by atoms with van der Waals surface area (Å²) in [5.41, 5.74) is 0.521. The van der Waals surface area contributed by atoms with E-state index in [0.29, 0.717) is 29.3 Å². The highest BCUT2D eigenvalue weighted by molar-refractivity contribution is 5.77. The van der Waals surface area contributed by atoms with Crippen LogP contribution < -0.4 is 5.56 Å². The van der Waals surface area contributed by atoms with Gasteiger partial charge in [-0.05, 0) is 31.5 Å². The lowest BCUT2D eigenvalue weighted by molar-refractivity contribution is 0.211. The summed E-state index contributed by atoms with van der Waals surface area (Å²) in [5.74, 6) is 0.640. The third-order valence-electron chi connectivity index (χ3n) is 4.88. The molecule has 3 aromatic rings. The maximum atomic E-state index is 12.8. The van der Waals surface area contributed by atoms with Gasteiger partial charge in [-0.25, -0.2) is 9.97 Å². The zero-order chi connectivity index (χ0) is 17.9. The van der Waals surface area contributed by atoms with E-state index in [2.05, 4.69) is 26.0 Å². The summed E-state index contributed by atoms with van der Waals surface area (Å²) in [5, 5.41) is 13.9. The van der Waals surface area contributed by atoms with Crippen molar-refractivity contribution in [3.8, 4) is 6.07 Å². The Hall–Kier alpha value is -3.05. The lowest BCUT2D eigenvalue weighted by atomic mass is 10.2. The number of nitrogens with zero attached hydrogens (tertiary/aromatic N) is 7. The maximum Gasteiger partial charge on any atom is 0.262 e. The van der Waals surface area contributed by atoms with Gasteiger partial charge in [0.1, 0.15) is 25.0 Å². The number of benzene rings is 1. The summed E-state index contributed by atoms with van der Waals surface area (Å²) in [4.78, 5) is 23.8. The van der Waals surface area contributed by atoms with Gasteiger partial charge in [-0.3, -0.25) is 18.9 Å². The molecule has 0 N–H and O–H groups in total. The fraction of sp³-hybridized carbons (Fsp3) is 0.389. The number of fused-ring (bicyclic) bond motifs is 1. The van der Waals surface area contributed by atoms with E-state index in [1.807, 2.05) is 22.9 Å². The molecule has 1 aromatic carbocycles. The first-order valence-corrected chi connectivity index (χ1v) is 8.68. The van der Waals surface area contributed by atoms with Crippen molar-refractivity contribution in [1.82, 2.24) is 29.2 Å². The van der Waals surface area contributed by atoms with E-state index in [1.54, 1.807) is 12.4 Å². The third-order valence-corrected chi connectivity index (χ3v) is 4.88. The van der Waals surface area contributed by atoms with Crippen LogP contribution in [0.1, 0.15) is 18.7 Å². The normalized spacial score (nSPS) is 17.6. The van der Waals surface area contributed by atoms with Crippen LogP contribution in [-0.4, -0.2) is 41.8 Å². The highest BCUT2D eigenvalue weighted by Crippen LogP contribution is 2.21. The molecule has 0 amide bonds.